The normalized spacial score (nSPS) is 17.5. The highest BCUT2D eigenvalue weighted by atomic mass is 16.5. The smallest absolute Gasteiger partial charge is 0.310 e. The van der Waals surface area contributed by atoms with Crippen LogP contribution in [0.5, 0.6) is 0 Å². The lowest BCUT2D eigenvalue weighted by atomic mass is 9.97. The summed E-state index contributed by atoms with van der Waals surface area (Å²) in [5.41, 5.74) is 0.890. The molecule has 1 fully saturated rings. The van der Waals surface area contributed by atoms with Gasteiger partial charge in [0.1, 0.15) is 0 Å². The Morgan fingerprint density at radius 3 is 2.80 bits per heavy atom. The van der Waals surface area contributed by atoms with Crippen LogP contribution in [0.3, 0.4) is 0 Å². The van der Waals surface area contributed by atoms with E-state index in [0.717, 1.165) is 23.7 Å². The second-order valence-electron chi connectivity index (χ2n) is 6.31. The topological polar surface area (TPSA) is 68.6 Å². The molecule has 6 heteroatoms. The molecular weight excluding hydrogens is 320 g/mol. The Labute approximate surface area is 146 Å². The van der Waals surface area contributed by atoms with Gasteiger partial charge >= 0.3 is 5.97 Å². The molecule has 2 aromatic rings. The Balaban J connectivity index is 1.93. The fraction of sp³-hybridized carbons (Fsp3) is 0.421. The molecule has 0 aliphatic carbocycles. The summed E-state index contributed by atoms with van der Waals surface area (Å²) in [6.07, 6.45) is 1.47. The number of hydrogen-bond donors (Lipinski definition) is 0. The molecule has 2 heterocycles. The van der Waals surface area contributed by atoms with Gasteiger partial charge in [-0.15, -0.1) is 0 Å². The number of aryl methyl sites for hydroxylation is 1. The van der Waals surface area contributed by atoms with Crippen LogP contribution >= 0.6 is 0 Å². The van der Waals surface area contributed by atoms with Crippen molar-refractivity contribution < 1.29 is 14.3 Å². The highest BCUT2D eigenvalue weighted by Gasteiger charge is 2.30. The zero-order chi connectivity index (χ0) is 18.0. The van der Waals surface area contributed by atoms with Crippen LogP contribution < -0.4 is 5.56 Å². The molecule has 0 radical (unpaired) electrons. The van der Waals surface area contributed by atoms with E-state index in [9.17, 15) is 14.4 Å². The number of pyridine rings is 1. The van der Waals surface area contributed by atoms with Crippen molar-refractivity contribution in [1.29, 1.82) is 0 Å². The van der Waals surface area contributed by atoms with Crippen LogP contribution in [0.1, 0.15) is 30.1 Å². The number of ether oxygens (including phenoxy) is 1. The van der Waals surface area contributed by atoms with E-state index in [4.69, 9.17) is 4.74 Å². The van der Waals surface area contributed by atoms with Crippen molar-refractivity contribution in [2.45, 2.75) is 19.8 Å². The zero-order valence-corrected chi connectivity index (χ0v) is 14.5. The summed E-state index contributed by atoms with van der Waals surface area (Å²) in [6, 6.07) is 8.74. The number of carbonyl (C=O) groups excluding carboxylic acids is 2. The third-order valence-electron chi connectivity index (χ3n) is 4.71. The predicted molar refractivity (Wildman–Crippen MR) is 94.4 cm³/mol. The molecule has 0 spiro atoms. The minimum Gasteiger partial charge on any atom is -0.466 e. The van der Waals surface area contributed by atoms with Crippen LogP contribution in [-0.4, -0.2) is 41.0 Å². The van der Waals surface area contributed by atoms with Gasteiger partial charge in [0, 0.05) is 31.6 Å². The fourth-order valence-corrected chi connectivity index (χ4v) is 3.37. The van der Waals surface area contributed by atoms with Crippen molar-refractivity contribution in [3.05, 3.63) is 46.2 Å². The lowest BCUT2D eigenvalue weighted by Gasteiger charge is -2.31. The maximum atomic E-state index is 13.0. The number of likely N-dealkylation sites (tertiary alicyclic amines) is 1. The number of fused-ring (bicyclic) bond motifs is 1. The van der Waals surface area contributed by atoms with Crippen LogP contribution in [0, 0.1) is 5.92 Å². The number of benzene rings is 1. The Bertz CT molecular complexity index is 871. The molecule has 25 heavy (non-hydrogen) atoms. The minimum absolute atomic E-state index is 0.206. The fourth-order valence-electron chi connectivity index (χ4n) is 3.37. The monoisotopic (exact) mass is 342 g/mol. The lowest BCUT2D eigenvalue weighted by molar-refractivity contribution is -0.149. The summed E-state index contributed by atoms with van der Waals surface area (Å²) >= 11 is 0. The summed E-state index contributed by atoms with van der Waals surface area (Å²) in [4.78, 5) is 38.9. The molecule has 1 aromatic heterocycles. The molecule has 1 aliphatic heterocycles. The number of para-hydroxylation sites is 1. The van der Waals surface area contributed by atoms with Crippen LogP contribution in [-0.2, 0) is 16.6 Å². The first-order valence-corrected chi connectivity index (χ1v) is 8.57. The van der Waals surface area contributed by atoms with Gasteiger partial charge < -0.3 is 14.2 Å². The van der Waals surface area contributed by atoms with Crippen molar-refractivity contribution in [3.8, 4) is 0 Å². The molecule has 1 saturated heterocycles. The molecular formula is C19H22N2O4. The van der Waals surface area contributed by atoms with Gasteiger partial charge in [0.15, 0.2) is 0 Å². The molecule has 132 valence electrons. The van der Waals surface area contributed by atoms with Crippen molar-refractivity contribution in [2.24, 2.45) is 13.0 Å². The SMILES string of the molecule is CCOC(=O)C1CCCN(C(=O)c2cc(=O)n(C)c3ccccc23)C1. The van der Waals surface area contributed by atoms with Crippen LogP contribution in [0.2, 0.25) is 0 Å². The number of amides is 1. The molecule has 1 unspecified atom stereocenters. The van der Waals surface area contributed by atoms with Gasteiger partial charge in [-0.2, -0.15) is 0 Å². The average Bonchev–Trinajstić information content (AvgIpc) is 2.64. The van der Waals surface area contributed by atoms with Gasteiger partial charge in [-0.05, 0) is 25.8 Å². The third-order valence-corrected chi connectivity index (χ3v) is 4.71. The number of hydrogen-bond acceptors (Lipinski definition) is 4. The predicted octanol–water partition coefficient (Wildman–Crippen LogP) is 1.95. The van der Waals surface area contributed by atoms with Crippen molar-refractivity contribution in [2.75, 3.05) is 19.7 Å². The second kappa shape index (κ2) is 7.09. The molecule has 0 saturated carbocycles. The van der Waals surface area contributed by atoms with Crippen molar-refractivity contribution in [1.82, 2.24) is 9.47 Å². The first-order chi connectivity index (χ1) is 12.0. The van der Waals surface area contributed by atoms with E-state index in [-0.39, 0.29) is 23.4 Å². The molecule has 1 aromatic carbocycles. The maximum Gasteiger partial charge on any atom is 0.310 e. The molecule has 3 rings (SSSR count). The summed E-state index contributed by atoms with van der Waals surface area (Å²) in [5, 5.41) is 0.743. The molecule has 0 N–H and O–H groups in total. The molecule has 1 aliphatic rings. The van der Waals surface area contributed by atoms with Gasteiger partial charge in [0.05, 0.1) is 23.6 Å². The van der Waals surface area contributed by atoms with E-state index in [1.807, 2.05) is 24.3 Å². The Morgan fingerprint density at radius 1 is 1.28 bits per heavy atom. The van der Waals surface area contributed by atoms with Crippen LogP contribution in [0.15, 0.2) is 35.1 Å². The average molecular weight is 342 g/mol. The first kappa shape index (κ1) is 17.2. The number of rotatable bonds is 3. The highest BCUT2D eigenvalue weighted by molar-refractivity contribution is 6.06. The second-order valence-corrected chi connectivity index (χ2v) is 6.31. The Morgan fingerprint density at radius 2 is 2.04 bits per heavy atom. The summed E-state index contributed by atoms with van der Waals surface area (Å²) < 4.78 is 6.62. The van der Waals surface area contributed by atoms with E-state index < -0.39 is 0 Å². The molecule has 0 bridgehead atoms. The summed E-state index contributed by atoms with van der Waals surface area (Å²) in [5.74, 6) is -0.757. The molecule has 1 atom stereocenters. The highest BCUT2D eigenvalue weighted by Crippen LogP contribution is 2.23. The van der Waals surface area contributed by atoms with Crippen LogP contribution in [0.25, 0.3) is 10.9 Å². The van der Waals surface area contributed by atoms with E-state index >= 15 is 0 Å². The summed E-state index contributed by atoms with van der Waals surface area (Å²) in [7, 11) is 1.69. The largest absolute Gasteiger partial charge is 0.466 e. The van der Waals surface area contributed by atoms with Gasteiger partial charge in [-0.3, -0.25) is 14.4 Å². The van der Waals surface area contributed by atoms with E-state index in [0.29, 0.717) is 25.3 Å². The van der Waals surface area contributed by atoms with Gasteiger partial charge in [0.2, 0.25) is 0 Å². The van der Waals surface area contributed by atoms with Gasteiger partial charge in [0.25, 0.3) is 11.5 Å². The summed E-state index contributed by atoms with van der Waals surface area (Å²) in [6.45, 7) is 3.03. The lowest BCUT2D eigenvalue weighted by Crippen LogP contribution is -2.43. The van der Waals surface area contributed by atoms with E-state index in [1.165, 1.54) is 10.6 Å². The third kappa shape index (κ3) is 3.29. The molecule has 6 nitrogen and oxygen atoms in total. The number of nitrogens with zero attached hydrogens (tertiary/aromatic N) is 2. The Kier molecular flexibility index (Phi) is 4.88. The molecule has 1 amide bonds. The standard InChI is InChI=1S/C19H22N2O4/c1-3-25-19(24)13-7-6-10-21(12-13)18(23)15-11-17(22)20(2)16-9-5-4-8-14(15)16/h4-5,8-9,11,13H,3,6-7,10,12H2,1-2H3. The van der Waals surface area contributed by atoms with Gasteiger partial charge in [-0.25, -0.2) is 0 Å². The zero-order valence-electron chi connectivity index (χ0n) is 14.5. The number of carbonyl (C=O) groups is 2. The minimum atomic E-state index is -0.296. The maximum absolute atomic E-state index is 13.0. The number of esters is 1. The number of piperidine rings is 1. The number of aromatic nitrogens is 1. The van der Waals surface area contributed by atoms with Crippen molar-refractivity contribution in [3.63, 3.8) is 0 Å². The van der Waals surface area contributed by atoms with Crippen LogP contribution in [0.4, 0.5) is 0 Å². The Hall–Kier alpha value is -2.63. The van der Waals surface area contributed by atoms with E-state index in [2.05, 4.69) is 0 Å². The quantitative estimate of drug-likeness (QED) is 0.800. The van der Waals surface area contributed by atoms with Gasteiger partial charge in [-0.1, -0.05) is 18.2 Å². The first-order valence-electron chi connectivity index (χ1n) is 8.57. The van der Waals surface area contributed by atoms with Crippen molar-refractivity contribution >= 4 is 22.8 Å². The van der Waals surface area contributed by atoms with E-state index in [1.54, 1.807) is 18.9 Å².